The van der Waals surface area contributed by atoms with Gasteiger partial charge in [-0.3, -0.25) is 10.1 Å². The minimum Gasteiger partial charge on any atom is -0.258 e. The fourth-order valence-electron chi connectivity index (χ4n) is 1.71. The van der Waals surface area contributed by atoms with E-state index in [4.69, 9.17) is 0 Å². The van der Waals surface area contributed by atoms with Gasteiger partial charge in [0, 0.05) is 12.1 Å². The number of nitro groups is 1. The molecule has 0 aliphatic heterocycles. The first-order valence-electron chi connectivity index (χ1n) is 5.90. The number of rotatable bonds is 4. The van der Waals surface area contributed by atoms with E-state index in [1.165, 1.54) is 17.0 Å². The van der Waals surface area contributed by atoms with Crippen molar-refractivity contribution in [2.45, 2.75) is 0 Å². The second kappa shape index (κ2) is 4.93. The molecule has 0 saturated carbocycles. The summed E-state index contributed by atoms with van der Waals surface area (Å²) in [6.07, 6.45) is 3.82. The van der Waals surface area contributed by atoms with Crippen LogP contribution in [0.5, 0.6) is 0 Å². The second-order valence-electron chi connectivity index (χ2n) is 4.18. The molecular formula is C14H10N2O4. The van der Waals surface area contributed by atoms with E-state index in [-0.39, 0.29) is 5.69 Å². The molecule has 0 spiro atoms. The van der Waals surface area contributed by atoms with Crippen LogP contribution in [0.3, 0.4) is 0 Å². The summed E-state index contributed by atoms with van der Waals surface area (Å²) >= 11 is 0. The third-order valence-electron chi connectivity index (χ3n) is 2.83. The normalized spacial score (nSPS) is 11.2. The Morgan fingerprint density at radius 3 is 1.85 bits per heavy atom. The number of non-ortho nitro benzene ring substituents is 1. The largest absolute Gasteiger partial charge is 0.269 e. The summed E-state index contributed by atoms with van der Waals surface area (Å²) in [5.41, 5.74) is 2.81. The fourth-order valence-corrected chi connectivity index (χ4v) is 1.71. The molecule has 0 N–H and O–H groups in total. The Balaban J connectivity index is 1.73. The molecule has 0 aliphatic carbocycles. The summed E-state index contributed by atoms with van der Waals surface area (Å²) in [5.74, 6) is 0. The molecule has 0 aliphatic rings. The fraction of sp³-hybridized carbons (Fsp3) is 0. The van der Waals surface area contributed by atoms with Crippen LogP contribution in [0.1, 0.15) is 11.1 Å². The van der Waals surface area contributed by atoms with Gasteiger partial charge in [0.05, 0.1) is 9.84 Å². The van der Waals surface area contributed by atoms with Gasteiger partial charge in [0.15, 0.2) is 0 Å². The maximum absolute atomic E-state index is 10.5. The van der Waals surface area contributed by atoms with Crippen molar-refractivity contribution >= 4 is 17.8 Å². The van der Waals surface area contributed by atoms with Gasteiger partial charge in [0.2, 0.25) is 0 Å². The van der Waals surface area contributed by atoms with Gasteiger partial charge in [0.1, 0.15) is 5.69 Å². The number of nitrogens with zero attached hydrogens (tertiary/aromatic N) is 2. The van der Waals surface area contributed by atoms with Gasteiger partial charge in [-0.15, -0.1) is 9.36 Å². The number of nitro benzene ring substituents is 1. The lowest BCUT2D eigenvalue weighted by atomic mass is 10.1. The van der Waals surface area contributed by atoms with Crippen molar-refractivity contribution in [2.75, 3.05) is 0 Å². The molecule has 0 atom stereocenters. The molecule has 3 rings (SSSR count). The topological polar surface area (TPSA) is 74.3 Å². The molecule has 0 bridgehead atoms. The smallest absolute Gasteiger partial charge is 0.258 e. The summed E-state index contributed by atoms with van der Waals surface area (Å²) in [7, 11) is 0. The monoisotopic (exact) mass is 270 g/mol. The van der Waals surface area contributed by atoms with Crippen LogP contribution in [0, 0.1) is 10.1 Å². The zero-order valence-electron chi connectivity index (χ0n) is 10.3. The lowest BCUT2D eigenvalue weighted by Gasteiger charge is -1.95. The molecule has 0 saturated heterocycles. The molecule has 0 unspecified atom stereocenters. The van der Waals surface area contributed by atoms with Gasteiger partial charge in [-0.2, -0.15) is 0 Å². The number of hydrogen-bond donors (Lipinski definition) is 0. The number of benzene rings is 2. The van der Waals surface area contributed by atoms with Crippen LogP contribution in [0.25, 0.3) is 17.8 Å². The molecule has 0 radical (unpaired) electrons. The number of hydrogen-bond acceptors (Lipinski definition) is 4. The average molecular weight is 270 g/mol. The van der Waals surface area contributed by atoms with E-state index < -0.39 is 4.92 Å². The first-order valence-corrected chi connectivity index (χ1v) is 5.90. The summed E-state index contributed by atoms with van der Waals surface area (Å²) in [5, 5.41) is 10.5. The summed E-state index contributed by atoms with van der Waals surface area (Å²) < 4.78 is 9.11. The zero-order chi connectivity index (χ0) is 13.9. The first-order chi connectivity index (χ1) is 9.72. The Morgan fingerprint density at radius 2 is 1.40 bits per heavy atom. The van der Waals surface area contributed by atoms with Gasteiger partial charge in [-0.05, 0) is 35.4 Å². The van der Waals surface area contributed by atoms with E-state index in [0.717, 1.165) is 16.8 Å². The van der Waals surface area contributed by atoms with E-state index in [9.17, 15) is 10.1 Å². The predicted octanol–water partition coefficient (Wildman–Crippen LogP) is 3.74. The molecule has 2 aromatic carbocycles. The van der Waals surface area contributed by atoms with Crippen molar-refractivity contribution in [1.29, 1.82) is 0 Å². The Bertz CT molecular complexity index is 721. The van der Waals surface area contributed by atoms with Crippen LogP contribution in [0.4, 0.5) is 5.69 Å². The highest BCUT2D eigenvalue weighted by molar-refractivity contribution is 5.70. The minimum absolute atomic E-state index is 0.0879. The molecule has 6 nitrogen and oxygen atoms in total. The van der Waals surface area contributed by atoms with E-state index in [1.807, 2.05) is 36.4 Å². The van der Waals surface area contributed by atoms with Crippen molar-refractivity contribution in [3.05, 3.63) is 69.8 Å². The standard InChI is InChI=1S/C14H10N2O4/c17-15(18)13-7-3-11(4-8-13)1-2-12-5-9-14(10-6-12)16-19-20-16/h1-10H/b2-1+. The Kier molecular flexibility index (Phi) is 2.96. The van der Waals surface area contributed by atoms with Crippen molar-refractivity contribution < 1.29 is 14.3 Å². The third-order valence-corrected chi connectivity index (χ3v) is 2.83. The van der Waals surface area contributed by atoms with Gasteiger partial charge in [-0.25, -0.2) is 0 Å². The van der Waals surface area contributed by atoms with Gasteiger partial charge < -0.3 is 0 Å². The molecule has 0 fully saturated rings. The maximum atomic E-state index is 10.5. The predicted molar refractivity (Wildman–Crippen MR) is 72.3 cm³/mol. The van der Waals surface area contributed by atoms with Gasteiger partial charge >= 0.3 is 0 Å². The second-order valence-corrected chi connectivity index (χ2v) is 4.18. The minimum atomic E-state index is -0.413. The van der Waals surface area contributed by atoms with Crippen LogP contribution in [0.2, 0.25) is 0 Å². The molecule has 6 heteroatoms. The molecule has 20 heavy (non-hydrogen) atoms. The molecule has 100 valence electrons. The van der Waals surface area contributed by atoms with Gasteiger partial charge in [-0.1, -0.05) is 24.3 Å². The number of aromatic nitrogens is 1. The Hall–Kier alpha value is -3.02. The van der Waals surface area contributed by atoms with E-state index in [0.29, 0.717) is 0 Å². The van der Waals surface area contributed by atoms with Crippen molar-refractivity contribution in [3.63, 3.8) is 0 Å². The molecule has 1 aromatic heterocycles. The van der Waals surface area contributed by atoms with Gasteiger partial charge in [0.25, 0.3) is 5.69 Å². The highest BCUT2D eigenvalue weighted by atomic mass is 17.3. The Labute approximate surface area is 113 Å². The van der Waals surface area contributed by atoms with Crippen molar-refractivity contribution in [2.24, 2.45) is 0 Å². The summed E-state index contributed by atoms with van der Waals surface area (Å²) in [6.45, 7) is 0. The van der Waals surface area contributed by atoms with Crippen molar-refractivity contribution in [3.8, 4) is 5.69 Å². The van der Waals surface area contributed by atoms with Crippen LogP contribution < -0.4 is 0 Å². The highest BCUT2D eigenvalue weighted by Crippen LogP contribution is 2.16. The molecule has 0 amide bonds. The SMILES string of the molecule is O=[N+]([O-])c1ccc(/C=C/c2ccc(-n3oo3)cc2)cc1. The van der Waals surface area contributed by atoms with E-state index in [1.54, 1.807) is 12.1 Å². The molecular weight excluding hydrogens is 260 g/mol. The average Bonchev–Trinajstić information content (AvgIpc) is 3.31. The van der Waals surface area contributed by atoms with Crippen LogP contribution in [-0.4, -0.2) is 9.84 Å². The van der Waals surface area contributed by atoms with Crippen LogP contribution >= 0.6 is 0 Å². The first kappa shape index (κ1) is 12.0. The quantitative estimate of drug-likeness (QED) is 0.313. The lowest BCUT2D eigenvalue weighted by Crippen LogP contribution is -1.86. The van der Waals surface area contributed by atoms with Crippen LogP contribution in [-0.2, 0) is 0 Å². The lowest BCUT2D eigenvalue weighted by molar-refractivity contribution is -0.384. The van der Waals surface area contributed by atoms with Crippen LogP contribution in [0.15, 0.2) is 57.9 Å². The van der Waals surface area contributed by atoms with E-state index >= 15 is 0 Å². The van der Waals surface area contributed by atoms with E-state index in [2.05, 4.69) is 9.36 Å². The molecule has 3 aromatic rings. The third kappa shape index (κ3) is 2.69. The zero-order valence-corrected chi connectivity index (χ0v) is 10.3. The Morgan fingerprint density at radius 1 is 0.900 bits per heavy atom. The summed E-state index contributed by atoms with van der Waals surface area (Å²) in [6, 6.07) is 14.0. The maximum Gasteiger partial charge on any atom is 0.269 e. The van der Waals surface area contributed by atoms with Crippen molar-refractivity contribution in [1.82, 2.24) is 4.91 Å². The highest BCUT2D eigenvalue weighted by Gasteiger charge is 2.05. The molecule has 1 heterocycles. The summed E-state index contributed by atoms with van der Waals surface area (Å²) in [4.78, 5) is 11.4.